The Kier molecular flexibility index (Phi) is 8.30. The number of pyridine rings is 1. The third-order valence-electron chi connectivity index (χ3n) is 4.86. The molecule has 3 rings (SSSR count). The van der Waals surface area contributed by atoms with Gasteiger partial charge in [0.15, 0.2) is 0 Å². The lowest BCUT2D eigenvalue weighted by molar-refractivity contribution is -0.119. The predicted octanol–water partition coefficient (Wildman–Crippen LogP) is 4.11. The topological polar surface area (TPSA) is 88.2 Å². The van der Waals surface area contributed by atoms with Crippen molar-refractivity contribution >= 4 is 33.2 Å². The van der Waals surface area contributed by atoms with E-state index in [9.17, 15) is 13.2 Å². The molecular formula is C24H27N3O3S2. The molecule has 2 aromatic carbocycles. The number of anilines is 1. The first kappa shape index (κ1) is 23.8. The fourth-order valence-corrected chi connectivity index (χ4v) is 5.52. The zero-order valence-corrected chi connectivity index (χ0v) is 19.8. The molecule has 0 atom stereocenters. The van der Waals surface area contributed by atoms with E-state index in [0.717, 1.165) is 10.6 Å². The van der Waals surface area contributed by atoms with Gasteiger partial charge < -0.3 is 10.6 Å². The van der Waals surface area contributed by atoms with Gasteiger partial charge >= 0.3 is 0 Å². The van der Waals surface area contributed by atoms with Crippen LogP contribution in [-0.2, 0) is 21.1 Å². The van der Waals surface area contributed by atoms with Gasteiger partial charge in [-0.15, -0.1) is 11.8 Å². The zero-order chi connectivity index (χ0) is 23.0. The highest BCUT2D eigenvalue weighted by Crippen LogP contribution is 2.29. The highest BCUT2D eigenvalue weighted by molar-refractivity contribution is 7.99. The number of rotatable bonds is 10. The molecular weight excluding hydrogens is 442 g/mol. The summed E-state index contributed by atoms with van der Waals surface area (Å²) in [6.07, 6.45) is 2.26. The fourth-order valence-electron chi connectivity index (χ4n) is 3.21. The Morgan fingerprint density at radius 3 is 2.50 bits per heavy atom. The molecule has 1 aromatic heterocycles. The summed E-state index contributed by atoms with van der Waals surface area (Å²) in [6.45, 7) is 4.41. The number of carbonyl (C=O) groups excluding carboxylic acids is 1. The van der Waals surface area contributed by atoms with Crippen LogP contribution in [0.3, 0.4) is 0 Å². The van der Waals surface area contributed by atoms with Crippen molar-refractivity contribution in [1.29, 1.82) is 0 Å². The van der Waals surface area contributed by atoms with Gasteiger partial charge in [-0.25, -0.2) is 13.4 Å². The monoisotopic (exact) mass is 469 g/mol. The molecule has 0 saturated heterocycles. The zero-order valence-electron chi connectivity index (χ0n) is 18.2. The van der Waals surface area contributed by atoms with E-state index in [2.05, 4.69) is 15.6 Å². The number of hydrogen-bond acceptors (Lipinski definition) is 6. The molecule has 6 nitrogen and oxygen atoms in total. The molecule has 0 fully saturated rings. The van der Waals surface area contributed by atoms with Crippen LogP contribution in [0.5, 0.6) is 0 Å². The van der Waals surface area contributed by atoms with Gasteiger partial charge in [-0.05, 0) is 55.3 Å². The Morgan fingerprint density at radius 2 is 1.81 bits per heavy atom. The van der Waals surface area contributed by atoms with Gasteiger partial charge in [-0.2, -0.15) is 0 Å². The summed E-state index contributed by atoms with van der Waals surface area (Å²) >= 11 is 1.57. The van der Waals surface area contributed by atoms with Crippen molar-refractivity contribution in [2.24, 2.45) is 0 Å². The molecule has 8 heteroatoms. The Labute approximate surface area is 193 Å². The van der Waals surface area contributed by atoms with E-state index in [1.807, 2.05) is 32.0 Å². The van der Waals surface area contributed by atoms with Crippen LogP contribution in [0.2, 0.25) is 0 Å². The first-order valence-corrected chi connectivity index (χ1v) is 12.9. The van der Waals surface area contributed by atoms with Crippen LogP contribution in [0, 0.1) is 6.92 Å². The van der Waals surface area contributed by atoms with Crippen molar-refractivity contribution in [1.82, 2.24) is 10.3 Å². The van der Waals surface area contributed by atoms with Gasteiger partial charge in [0, 0.05) is 24.2 Å². The molecule has 3 aromatic rings. The smallest absolute Gasteiger partial charge is 0.239 e. The van der Waals surface area contributed by atoms with Crippen LogP contribution in [0.25, 0.3) is 0 Å². The van der Waals surface area contributed by atoms with E-state index >= 15 is 0 Å². The summed E-state index contributed by atoms with van der Waals surface area (Å²) in [5.74, 6) is 0.563. The van der Waals surface area contributed by atoms with Crippen molar-refractivity contribution in [3.63, 3.8) is 0 Å². The van der Waals surface area contributed by atoms with Gasteiger partial charge in [0.05, 0.1) is 21.4 Å². The quantitative estimate of drug-likeness (QED) is 0.343. The number of benzene rings is 2. The van der Waals surface area contributed by atoms with Crippen molar-refractivity contribution in [2.75, 3.05) is 24.2 Å². The number of nitrogens with zero attached hydrogens (tertiary/aromatic N) is 1. The number of hydrogen-bond donors (Lipinski definition) is 2. The number of sulfone groups is 1. The Balaban J connectivity index is 1.62. The van der Waals surface area contributed by atoms with Crippen LogP contribution in [0.15, 0.2) is 81.7 Å². The average Bonchev–Trinajstić information content (AvgIpc) is 2.81. The predicted molar refractivity (Wildman–Crippen MR) is 129 cm³/mol. The van der Waals surface area contributed by atoms with Crippen molar-refractivity contribution in [2.45, 2.75) is 35.1 Å². The third kappa shape index (κ3) is 6.11. The molecule has 0 aliphatic heterocycles. The number of nitrogens with one attached hydrogen (secondary N) is 2. The first-order chi connectivity index (χ1) is 15.4. The standard InChI is InChI=1S/C24H27N3O3S2/c1-3-20-21(27-17-23(28)25-15-16-31-24-9-4-5-14-26-24)7-6-8-22(20)32(29,30)19-12-10-18(2)11-13-19/h4-14,27H,3,15-17H2,1-2H3,(H,25,28). The van der Waals surface area contributed by atoms with Gasteiger partial charge in [0.2, 0.25) is 15.7 Å². The molecule has 2 N–H and O–H groups in total. The maximum absolute atomic E-state index is 13.2. The van der Waals surface area contributed by atoms with Crippen LogP contribution in [-0.4, -0.2) is 38.2 Å². The first-order valence-electron chi connectivity index (χ1n) is 10.4. The molecule has 0 saturated carbocycles. The van der Waals surface area contributed by atoms with Crippen molar-refractivity contribution in [3.05, 3.63) is 78.0 Å². The van der Waals surface area contributed by atoms with Crippen LogP contribution in [0.4, 0.5) is 5.69 Å². The van der Waals surface area contributed by atoms with E-state index in [1.165, 1.54) is 0 Å². The Morgan fingerprint density at radius 1 is 1.03 bits per heavy atom. The van der Waals surface area contributed by atoms with Gasteiger partial charge in [0.1, 0.15) is 0 Å². The summed E-state index contributed by atoms with van der Waals surface area (Å²) in [5.41, 5.74) is 2.32. The Hall–Kier alpha value is -2.84. The van der Waals surface area contributed by atoms with Crippen LogP contribution in [0.1, 0.15) is 18.1 Å². The summed E-state index contributed by atoms with van der Waals surface area (Å²) in [4.78, 5) is 17.0. The van der Waals surface area contributed by atoms with Crippen LogP contribution >= 0.6 is 11.8 Å². The van der Waals surface area contributed by atoms with E-state index in [0.29, 0.717) is 30.0 Å². The SMILES string of the molecule is CCc1c(NCC(=O)NCCSc2ccccn2)cccc1S(=O)(=O)c1ccc(C)cc1. The highest BCUT2D eigenvalue weighted by Gasteiger charge is 2.22. The second-order valence-corrected chi connectivity index (χ2v) is 10.2. The van der Waals surface area contributed by atoms with Gasteiger partial charge in [0.25, 0.3) is 0 Å². The summed E-state index contributed by atoms with van der Waals surface area (Å²) < 4.78 is 26.4. The second kappa shape index (κ2) is 11.2. The van der Waals surface area contributed by atoms with E-state index in [4.69, 9.17) is 0 Å². The van der Waals surface area contributed by atoms with Gasteiger partial charge in [-0.1, -0.05) is 36.8 Å². The molecule has 0 bridgehead atoms. The number of aryl methyl sites for hydroxylation is 1. The minimum absolute atomic E-state index is 0.0648. The lowest BCUT2D eigenvalue weighted by atomic mass is 10.1. The number of carbonyl (C=O) groups is 1. The van der Waals surface area contributed by atoms with Gasteiger partial charge in [-0.3, -0.25) is 4.79 Å². The molecule has 168 valence electrons. The summed E-state index contributed by atoms with van der Waals surface area (Å²) in [5, 5.41) is 6.88. The molecule has 0 radical (unpaired) electrons. The molecule has 0 spiro atoms. The maximum atomic E-state index is 13.2. The number of aromatic nitrogens is 1. The fraction of sp³-hybridized carbons (Fsp3) is 0.250. The second-order valence-electron chi connectivity index (χ2n) is 7.17. The highest BCUT2D eigenvalue weighted by atomic mass is 32.2. The van der Waals surface area contributed by atoms with E-state index < -0.39 is 9.84 Å². The molecule has 1 heterocycles. The summed E-state index contributed by atoms with van der Waals surface area (Å²) in [6, 6.07) is 17.7. The minimum Gasteiger partial charge on any atom is -0.376 e. The Bertz CT molecular complexity index is 1150. The van der Waals surface area contributed by atoms with E-state index in [1.54, 1.807) is 60.4 Å². The lowest BCUT2D eigenvalue weighted by Gasteiger charge is -2.16. The maximum Gasteiger partial charge on any atom is 0.239 e. The largest absolute Gasteiger partial charge is 0.376 e. The summed E-state index contributed by atoms with van der Waals surface area (Å²) in [7, 11) is -3.65. The normalized spacial score (nSPS) is 11.2. The number of thioether (sulfide) groups is 1. The molecule has 0 aliphatic carbocycles. The minimum atomic E-state index is -3.65. The van der Waals surface area contributed by atoms with E-state index in [-0.39, 0.29) is 22.2 Å². The molecule has 0 unspecified atom stereocenters. The molecule has 0 aliphatic rings. The third-order valence-corrected chi connectivity index (χ3v) is 7.66. The van der Waals surface area contributed by atoms with Crippen molar-refractivity contribution < 1.29 is 13.2 Å². The molecule has 1 amide bonds. The average molecular weight is 470 g/mol. The lowest BCUT2D eigenvalue weighted by Crippen LogP contribution is -2.31. The van der Waals surface area contributed by atoms with Crippen molar-refractivity contribution in [3.8, 4) is 0 Å². The van der Waals surface area contributed by atoms with Crippen LogP contribution < -0.4 is 10.6 Å². The number of amides is 1. The molecule has 32 heavy (non-hydrogen) atoms.